The van der Waals surface area contributed by atoms with Crippen LogP contribution in [0.2, 0.25) is 15.3 Å². The molecule has 0 saturated heterocycles. The minimum Gasteiger partial charge on any atom is -0.394 e. The lowest BCUT2D eigenvalue weighted by molar-refractivity contribution is 1.18. The van der Waals surface area contributed by atoms with Crippen molar-refractivity contribution in [1.29, 1.82) is 0 Å². The van der Waals surface area contributed by atoms with Crippen molar-refractivity contribution < 1.29 is 0 Å². The molecule has 2 rings (SSSR count). The summed E-state index contributed by atoms with van der Waals surface area (Å²) in [6, 6.07) is 7.03. The second-order valence-electron chi connectivity index (χ2n) is 3.05. The fourth-order valence-electron chi connectivity index (χ4n) is 1.14. The third-order valence-corrected chi connectivity index (χ3v) is 2.78. The predicted molar refractivity (Wildman–Crippen MR) is 66.9 cm³/mol. The van der Waals surface area contributed by atoms with Crippen LogP contribution in [0.15, 0.2) is 24.3 Å². The Morgan fingerprint density at radius 2 is 1.38 bits per heavy atom. The molecule has 0 atom stereocenters. The van der Waals surface area contributed by atoms with Crippen LogP contribution in [0.3, 0.4) is 0 Å². The van der Waals surface area contributed by atoms with Crippen LogP contribution in [0.25, 0.3) is 11.4 Å². The number of nitrogens with two attached hydrogens (primary N) is 1. The SMILES string of the molecule is Nc1c(Cl)nc(-c2ccc(Cl)cc2)nc1Cl. The molecule has 0 aliphatic heterocycles. The highest BCUT2D eigenvalue weighted by Crippen LogP contribution is 2.27. The molecule has 6 heteroatoms. The molecular weight excluding hydrogens is 268 g/mol. The lowest BCUT2D eigenvalue weighted by atomic mass is 10.2. The van der Waals surface area contributed by atoms with E-state index in [1.165, 1.54) is 0 Å². The van der Waals surface area contributed by atoms with E-state index in [4.69, 9.17) is 40.5 Å². The van der Waals surface area contributed by atoms with Gasteiger partial charge in [0.1, 0.15) is 5.69 Å². The van der Waals surface area contributed by atoms with E-state index in [0.29, 0.717) is 10.8 Å². The number of hydrogen-bond donors (Lipinski definition) is 1. The molecule has 82 valence electrons. The Hall–Kier alpha value is -1.03. The van der Waals surface area contributed by atoms with Gasteiger partial charge in [0, 0.05) is 10.6 Å². The molecule has 0 saturated carbocycles. The molecule has 0 bridgehead atoms. The maximum Gasteiger partial charge on any atom is 0.162 e. The molecule has 1 heterocycles. The first-order chi connectivity index (χ1) is 7.58. The molecule has 3 nitrogen and oxygen atoms in total. The number of benzene rings is 1. The molecule has 1 aromatic carbocycles. The zero-order chi connectivity index (χ0) is 11.7. The number of anilines is 1. The Balaban J connectivity index is 2.52. The Labute approximate surface area is 107 Å². The van der Waals surface area contributed by atoms with Crippen molar-refractivity contribution in [3.63, 3.8) is 0 Å². The third kappa shape index (κ3) is 2.21. The minimum atomic E-state index is 0.143. The van der Waals surface area contributed by atoms with Gasteiger partial charge in [-0.15, -0.1) is 0 Å². The summed E-state index contributed by atoms with van der Waals surface area (Å²) in [5.41, 5.74) is 6.50. The monoisotopic (exact) mass is 273 g/mol. The zero-order valence-electron chi connectivity index (χ0n) is 7.92. The molecule has 16 heavy (non-hydrogen) atoms. The van der Waals surface area contributed by atoms with E-state index in [1.807, 2.05) is 0 Å². The molecule has 1 aromatic heterocycles. The summed E-state index contributed by atoms with van der Waals surface area (Å²) in [6.07, 6.45) is 0. The minimum absolute atomic E-state index is 0.143. The van der Waals surface area contributed by atoms with Crippen molar-refractivity contribution in [3.8, 4) is 11.4 Å². The summed E-state index contributed by atoms with van der Waals surface area (Å²) in [7, 11) is 0. The molecule has 0 aliphatic rings. The highest BCUT2D eigenvalue weighted by Gasteiger charge is 2.09. The quantitative estimate of drug-likeness (QED) is 0.807. The Kier molecular flexibility index (Phi) is 3.19. The van der Waals surface area contributed by atoms with Gasteiger partial charge in [0.2, 0.25) is 0 Å². The van der Waals surface area contributed by atoms with Gasteiger partial charge in [0.25, 0.3) is 0 Å². The van der Waals surface area contributed by atoms with Crippen molar-refractivity contribution in [2.75, 3.05) is 5.73 Å². The number of halogens is 3. The Bertz CT molecular complexity index is 502. The second kappa shape index (κ2) is 4.45. The van der Waals surface area contributed by atoms with Crippen LogP contribution >= 0.6 is 34.8 Å². The number of rotatable bonds is 1. The number of aromatic nitrogens is 2. The van der Waals surface area contributed by atoms with E-state index in [9.17, 15) is 0 Å². The first-order valence-corrected chi connectivity index (χ1v) is 5.46. The molecule has 2 N–H and O–H groups in total. The van der Waals surface area contributed by atoms with Gasteiger partial charge in [0.05, 0.1) is 0 Å². The van der Waals surface area contributed by atoms with Crippen LogP contribution < -0.4 is 5.73 Å². The van der Waals surface area contributed by atoms with Gasteiger partial charge in [-0.25, -0.2) is 9.97 Å². The lowest BCUT2D eigenvalue weighted by Gasteiger charge is -2.04. The standard InChI is InChI=1S/C10H6Cl3N3/c11-6-3-1-5(2-4-6)10-15-8(12)7(14)9(13)16-10/h1-4H,14H2. The summed E-state index contributed by atoms with van der Waals surface area (Å²) in [4.78, 5) is 8.07. The second-order valence-corrected chi connectivity index (χ2v) is 4.20. The average Bonchev–Trinajstić information content (AvgIpc) is 2.26. The van der Waals surface area contributed by atoms with E-state index in [2.05, 4.69) is 9.97 Å². The van der Waals surface area contributed by atoms with Gasteiger partial charge in [-0.2, -0.15) is 0 Å². The topological polar surface area (TPSA) is 51.8 Å². The summed E-state index contributed by atoms with van der Waals surface area (Å²) in [5.74, 6) is 0.417. The van der Waals surface area contributed by atoms with Crippen LogP contribution in [0.1, 0.15) is 0 Å². The molecule has 0 unspecified atom stereocenters. The highest BCUT2D eigenvalue weighted by molar-refractivity contribution is 6.37. The van der Waals surface area contributed by atoms with Crippen LogP contribution in [-0.4, -0.2) is 9.97 Å². The summed E-state index contributed by atoms with van der Waals surface area (Å²) in [6.45, 7) is 0. The van der Waals surface area contributed by atoms with Crippen LogP contribution in [0, 0.1) is 0 Å². The largest absolute Gasteiger partial charge is 0.394 e. The average molecular weight is 275 g/mol. The van der Waals surface area contributed by atoms with Gasteiger partial charge in [-0.05, 0) is 24.3 Å². The molecule has 0 spiro atoms. The number of nitrogens with zero attached hydrogens (tertiary/aromatic N) is 2. The number of hydrogen-bond acceptors (Lipinski definition) is 3. The Morgan fingerprint density at radius 1 is 0.875 bits per heavy atom. The molecule has 0 aliphatic carbocycles. The van der Waals surface area contributed by atoms with Crippen molar-refractivity contribution in [2.45, 2.75) is 0 Å². The van der Waals surface area contributed by atoms with E-state index in [0.717, 1.165) is 5.56 Å². The molecule has 0 fully saturated rings. The van der Waals surface area contributed by atoms with E-state index >= 15 is 0 Å². The first-order valence-electron chi connectivity index (χ1n) is 4.32. The predicted octanol–water partition coefficient (Wildman–Crippen LogP) is 3.69. The molecule has 0 radical (unpaired) electrons. The zero-order valence-corrected chi connectivity index (χ0v) is 10.2. The van der Waals surface area contributed by atoms with Crippen molar-refractivity contribution in [1.82, 2.24) is 9.97 Å². The fourth-order valence-corrected chi connectivity index (χ4v) is 1.66. The van der Waals surface area contributed by atoms with Crippen LogP contribution in [0.4, 0.5) is 5.69 Å². The van der Waals surface area contributed by atoms with Crippen LogP contribution in [0.5, 0.6) is 0 Å². The molecule has 0 amide bonds. The summed E-state index contributed by atoms with van der Waals surface area (Å²) >= 11 is 17.4. The maximum absolute atomic E-state index is 5.81. The summed E-state index contributed by atoms with van der Waals surface area (Å²) < 4.78 is 0. The van der Waals surface area contributed by atoms with Gasteiger partial charge in [-0.1, -0.05) is 34.8 Å². The van der Waals surface area contributed by atoms with Crippen LogP contribution in [-0.2, 0) is 0 Å². The third-order valence-electron chi connectivity index (χ3n) is 1.96. The van der Waals surface area contributed by atoms with E-state index < -0.39 is 0 Å². The van der Waals surface area contributed by atoms with Crippen molar-refractivity contribution in [3.05, 3.63) is 39.6 Å². The molecular formula is C10H6Cl3N3. The number of nitrogen functional groups attached to an aromatic ring is 1. The van der Waals surface area contributed by atoms with Gasteiger partial charge in [-0.3, -0.25) is 0 Å². The first kappa shape index (κ1) is 11.5. The van der Waals surface area contributed by atoms with E-state index in [-0.39, 0.29) is 16.0 Å². The summed E-state index contributed by atoms with van der Waals surface area (Å²) in [5, 5.41) is 0.922. The van der Waals surface area contributed by atoms with E-state index in [1.54, 1.807) is 24.3 Å². The maximum atomic E-state index is 5.81. The van der Waals surface area contributed by atoms with Gasteiger partial charge >= 0.3 is 0 Å². The molecule has 2 aromatic rings. The van der Waals surface area contributed by atoms with Crippen molar-refractivity contribution >= 4 is 40.5 Å². The Morgan fingerprint density at radius 3 is 1.88 bits per heavy atom. The lowest BCUT2D eigenvalue weighted by Crippen LogP contribution is -1.97. The van der Waals surface area contributed by atoms with Crippen molar-refractivity contribution in [2.24, 2.45) is 0 Å². The van der Waals surface area contributed by atoms with Gasteiger partial charge in [0.15, 0.2) is 16.1 Å². The smallest absolute Gasteiger partial charge is 0.162 e. The normalized spacial score (nSPS) is 10.4. The van der Waals surface area contributed by atoms with Gasteiger partial charge < -0.3 is 5.73 Å². The fraction of sp³-hybridized carbons (Fsp3) is 0. The highest BCUT2D eigenvalue weighted by atomic mass is 35.5.